The number of hydrogen-bond donors (Lipinski definition) is 1. The van der Waals surface area contributed by atoms with Gasteiger partial charge in [-0.25, -0.2) is 0 Å². The minimum atomic E-state index is -0.283. The number of carbonyl (C=O) groups is 1. The summed E-state index contributed by atoms with van der Waals surface area (Å²) in [6.07, 6.45) is 0. The summed E-state index contributed by atoms with van der Waals surface area (Å²) in [5.41, 5.74) is 5.15. The highest BCUT2D eigenvalue weighted by Gasteiger charge is 2.09. The van der Waals surface area contributed by atoms with E-state index < -0.39 is 0 Å². The molecule has 0 bridgehead atoms. The van der Waals surface area contributed by atoms with Gasteiger partial charge in [0.05, 0.1) is 5.69 Å². The highest BCUT2D eigenvalue weighted by atomic mass is 16.5. The van der Waals surface area contributed by atoms with Crippen molar-refractivity contribution < 1.29 is 9.53 Å². The smallest absolute Gasteiger partial charge is 0.271 e. The van der Waals surface area contributed by atoms with Crippen LogP contribution in [0.4, 0.5) is 0 Å². The van der Waals surface area contributed by atoms with Crippen LogP contribution in [0.1, 0.15) is 32.6 Å². The largest absolute Gasteiger partial charge is 0.472 e. The van der Waals surface area contributed by atoms with Gasteiger partial charge in [0.2, 0.25) is 5.88 Å². The zero-order valence-corrected chi connectivity index (χ0v) is 18.6. The number of aryl methyl sites for hydroxylation is 2. The molecule has 6 nitrogen and oxygen atoms in total. The van der Waals surface area contributed by atoms with Crippen molar-refractivity contribution in [2.24, 2.45) is 0 Å². The van der Waals surface area contributed by atoms with Gasteiger partial charge in [-0.05, 0) is 54.8 Å². The quantitative estimate of drug-likeness (QED) is 0.464. The topological polar surface area (TPSA) is 73.2 Å². The second kappa shape index (κ2) is 9.96. The van der Waals surface area contributed by atoms with Gasteiger partial charge >= 0.3 is 0 Å². The molecule has 0 unspecified atom stereocenters. The van der Waals surface area contributed by atoms with Crippen LogP contribution < -0.4 is 15.6 Å². The standard InChI is InChI=1S/C27H25N3O3/c1-19-6-5-8-21(16-19)18-33-25-14-15-26(31)30(29-25)24-12-10-22(11-13-24)27(32)28-17-23-9-4-3-7-20(23)2/h3-16H,17-18H2,1-2H3,(H,28,32). The molecule has 0 aliphatic rings. The lowest BCUT2D eigenvalue weighted by atomic mass is 10.1. The lowest BCUT2D eigenvalue weighted by Gasteiger charge is -2.10. The SMILES string of the molecule is Cc1cccc(COc2ccc(=O)n(-c3ccc(C(=O)NCc4ccccc4C)cc3)n2)c1. The molecule has 0 radical (unpaired) electrons. The number of rotatable bonds is 7. The predicted molar refractivity (Wildman–Crippen MR) is 128 cm³/mol. The normalized spacial score (nSPS) is 10.6. The molecule has 0 spiro atoms. The second-order valence-electron chi connectivity index (χ2n) is 7.86. The van der Waals surface area contributed by atoms with Gasteiger partial charge < -0.3 is 10.1 Å². The third kappa shape index (κ3) is 5.54. The van der Waals surface area contributed by atoms with Crippen molar-refractivity contribution in [3.05, 3.63) is 123 Å². The molecule has 1 N–H and O–H groups in total. The molecule has 0 aliphatic heterocycles. The Kier molecular flexibility index (Phi) is 6.64. The summed E-state index contributed by atoms with van der Waals surface area (Å²) in [4.78, 5) is 24.9. The van der Waals surface area contributed by atoms with Gasteiger partial charge in [-0.15, -0.1) is 5.10 Å². The van der Waals surface area contributed by atoms with Crippen LogP contribution >= 0.6 is 0 Å². The van der Waals surface area contributed by atoms with Crippen LogP contribution in [0.2, 0.25) is 0 Å². The lowest BCUT2D eigenvalue weighted by molar-refractivity contribution is 0.0951. The molecule has 0 saturated carbocycles. The monoisotopic (exact) mass is 439 g/mol. The molecule has 1 heterocycles. The molecule has 4 aromatic rings. The highest BCUT2D eigenvalue weighted by molar-refractivity contribution is 5.94. The fourth-order valence-electron chi connectivity index (χ4n) is 3.46. The van der Waals surface area contributed by atoms with E-state index in [4.69, 9.17) is 4.74 Å². The average Bonchev–Trinajstić information content (AvgIpc) is 2.83. The Hall–Kier alpha value is -4.19. The third-order valence-electron chi connectivity index (χ3n) is 5.32. The van der Waals surface area contributed by atoms with Crippen LogP contribution in [0.3, 0.4) is 0 Å². The number of nitrogens with one attached hydrogen (secondary N) is 1. The van der Waals surface area contributed by atoms with Crippen molar-refractivity contribution in [1.82, 2.24) is 15.1 Å². The molecule has 166 valence electrons. The summed E-state index contributed by atoms with van der Waals surface area (Å²) in [5, 5.41) is 7.25. The fraction of sp³-hybridized carbons (Fsp3) is 0.148. The van der Waals surface area contributed by atoms with Crippen LogP contribution in [0.25, 0.3) is 5.69 Å². The predicted octanol–water partition coefficient (Wildman–Crippen LogP) is 4.36. The molecule has 0 fully saturated rings. The maximum Gasteiger partial charge on any atom is 0.271 e. The number of amides is 1. The Bertz CT molecular complexity index is 1330. The fourth-order valence-corrected chi connectivity index (χ4v) is 3.46. The summed E-state index contributed by atoms with van der Waals surface area (Å²) >= 11 is 0. The van der Waals surface area contributed by atoms with Crippen molar-refractivity contribution >= 4 is 5.91 Å². The molecule has 3 aromatic carbocycles. The minimum absolute atomic E-state index is 0.180. The maximum absolute atomic E-state index is 12.5. The minimum Gasteiger partial charge on any atom is -0.472 e. The molecule has 4 rings (SSSR count). The molecule has 0 atom stereocenters. The first-order chi connectivity index (χ1) is 16.0. The van der Waals surface area contributed by atoms with Crippen LogP contribution in [-0.4, -0.2) is 15.7 Å². The summed E-state index contributed by atoms with van der Waals surface area (Å²) in [6, 6.07) is 25.7. The third-order valence-corrected chi connectivity index (χ3v) is 5.32. The van der Waals surface area contributed by atoms with E-state index in [9.17, 15) is 9.59 Å². The highest BCUT2D eigenvalue weighted by Crippen LogP contribution is 2.13. The number of nitrogens with zero attached hydrogens (tertiary/aromatic N) is 2. The molecular formula is C27H25N3O3. The molecule has 1 aromatic heterocycles. The summed E-state index contributed by atoms with van der Waals surface area (Å²) in [5.74, 6) is 0.163. The van der Waals surface area contributed by atoms with Gasteiger partial charge in [-0.1, -0.05) is 54.1 Å². The second-order valence-corrected chi connectivity index (χ2v) is 7.86. The molecule has 0 saturated heterocycles. The van der Waals surface area contributed by atoms with Crippen LogP contribution in [0.5, 0.6) is 5.88 Å². The van der Waals surface area contributed by atoms with Gasteiger partial charge in [0.15, 0.2) is 0 Å². The zero-order chi connectivity index (χ0) is 23.2. The Morgan fingerprint density at radius 3 is 2.48 bits per heavy atom. The first kappa shape index (κ1) is 22.0. The number of aromatic nitrogens is 2. The first-order valence-corrected chi connectivity index (χ1v) is 10.7. The van der Waals surface area contributed by atoms with Gasteiger partial charge in [0.1, 0.15) is 6.61 Å². The lowest BCUT2D eigenvalue weighted by Crippen LogP contribution is -2.23. The van der Waals surface area contributed by atoms with E-state index in [0.717, 1.165) is 22.3 Å². The molecular weight excluding hydrogens is 414 g/mol. The van der Waals surface area contributed by atoms with Gasteiger partial charge in [0, 0.05) is 24.2 Å². The van der Waals surface area contributed by atoms with E-state index in [0.29, 0.717) is 30.3 Å². The Labute approximate surface area is 192 Å². The summed E-state index contributed by atoms with van der Waals surface area (Å²) in [6.45, 7) is 4.84. The Balaban J connectivity index is 1.44. The van der Waals surface area contributed by atoms with E-state index in [1.165, 1.54) is 10.7 Å². The van der Waals surface area contributed by atoms with Crippen molar-refractivity contribution in [2.75, 3.05) is 0 Å². The maximum atomic E-state index is 12.5. The Morgan fingerprint density at radius 2 is 1.73 bits per heavy atom. The first-order valence-electron chi connectivity index (χ1n) is 10.7. The van der Waals surface area contributed by atoms with E-state index >= 15 is 0 Å². The molecule has 1 amide bonds. The van der Waals surface area contributed by atoms with Crippen molar-refractivity contribution in [3.8, 4) is 11.6 Å². The van der Waals surface area contributed by atoms with E-state index in [1.54, 1.807) is 30.3 Å². The summed E-state index contributed by atoms with van der Waals surface area (Å²) < 4.78 is 7.04. The van der Waals surface area contributed by atoms with Crippen LogP contribution in [-0.2, 0) is 13.2 Å². The molecule has 33 heavy (non-hydrogen) atoms. The number of ether oxygens (including phenoxy) is 1. The number of carbonyl (C=O) groups excluding carboxylic acids is 1. The van der Waals surface area contributed by atoms with E-state index in [-0.39, 0.29) is 11.5 Å². The Morgan fingerprint density at radius 1 is 0.939 bits per heavy atom. The van der Waals surface area contributed by atoms with Crippen molar-refractivity contribution in [2.45, 2.75) is 27.0 Å². The van der Waals surface area contributed by atoms with E-state index in [2.05, 4.69) is 10.4 Å². The molecule has 6 heteroatoms. The molecule has 0 aliphatic carbocycles. The van der Waals surface area contributed by atoms with E-state index in [1.807, 2.05) is 62.4 Å². The van der Waals surface area contributed by atoms with Gasteiger partial charge in [-0.2, -0.15) is 4.68 Å². The van der Waals surface area contributed by atoms with Crippen LogP contribution in [0, 0.1) is 13.8 Å². The van der Waals surface area contributed by atoms with Crippen LogP contribution in [0.15, 0.2) is 89.7 Å². The van der Waals surface area contributed by atoms with Gasteiger partial charge in [0.25, 0.3) is 11.5 Å². The number of benzene rings is 3. The average molecular weight is 440 g/mol. The number of hydrogen-bond acceptors (Lipinski definition) is 4. The van der Waals surface area contributed by atoms with Gasteiger partial charge in [-0.3, -0.25) is 9.59 Å². The van der Waals surface area contributed by atoms with Crippen molar-refractivity contribution in [1.29, 1.82) is 0 Å². The van der Waals surface area contributed by atoms with Crippen molar-refractivity contribution in [3.63, 3.8) is 0 Å². The zero-order valence-electron chi connectivity index (χ0n) is 18.6. The summed E-state index contributed by atoms with van der Waals surface area (Å²) in [7, 11) is 0.